The van der Waals surface area contributed by atoms with Crippen molar-refractivity contribution in [3.8, 4) is 0 Å². The van der Waals surface area contributed by atoms with Crippen molar-refractivity contribution >= 4 is 34.2 Å². The number of anilines is 1. The smallest absolute Gasteiger partial charge is 0.319 e. The number of benzene rings is 2. The average molecular weight is 401 g/mol. The lowest BCUT2D eigenvalue weighted by Gasteiger charge is -2.27. The SMILES string of the molecule is O=C(Nc1ccc(F)cc1)N[C@@H]1[C@@H]2C[C@@](O)(c3cc(Cl)cc4[nH]ncc34)C[C@@H]21. The van der Waals surface area contributed by atoms with Crippen LogP contribution in [0.3, 0.4) is 0 Å². The molecule has 3 aromatic rings. The normalized spacial score (nSPS) is 28.2. The summed E-state index contributed by atoms with van der Waals surface area (Å²) in [5.41, 5.74) is 1.13. The van der Waals surface area contributed by atoms with Gasteiger partial charge in [0.15, 0.2) is 0 Å². The molecule has 0 radical (unpaired) electrons. The minimum Gasteiger partial charge on any atom is -0.385 e. The standard InChI is InChI=1S/C20H18ClFN4O2/c21-10-5-16(15-9-23-26-17(15)6-10)20(28)7-13-14(8-20)18(13)25-19(27)24-12-3-1-11(22)2-4-12/h1-6,9,13-14,18,28H,7-8H2,(H,23,26)(H2,24,25,27)/t13-,14+,18-,20+. The molecule has 0 spiro atoms. The molecule has 2 aromatic carbocycles. The lowest BCUT2D eigenvalue weighted by atomic mass is 9.86. The van der Waals surface area contributed by atoms with Crippen LogP contribution in [0.5, 0.6) is 0 Å². The number of carbonyl (C=O) groups excluding carboxylic acids is 1. The number of halogens is 2. The Morgan fingerprint density at radius 3 is 2.68 bits per heavy atom. The maximum atomic E-state index is 12.9. The van der Waals surface area contributed by atoms with Crippen molar-refractivity contribution in [3.05, 3.63) is 59.0 Å². The van der Waals surface area contributed by atoms with Gasteiger partial charge >= 0.3 is 6.03 Å². The largest absolute Gasteiger partial charge is 0.385 e. The van der Waals surface area contributed by atoms with Crippen molar-refractivity contribution in [3.63, 3.8) is 0 Å². The van der Waals surface area contributed by atoms with Crippen LogP contribution >= 0.6 is 11.6 Å². The zero-order valence-corrected chi connectivity index (χ0v) is 15.5. The summed E-state index contributed by atoms with van der Waals surface area (Å²) in [6.07, 6.45) is 2.81. The molecular formula is C20H18ClFN4O2. The summed E-state index contributed by atoms with van der Waals surface area (Å²) in [6, 6.07) is 8.90. The Labute approximate surface area is 165 Å². The van der Waals surface area contributed by atoms with Crippen molar-refractivity contribution in [1.82, 2.24) is 15.5 Å². The van der Waals surface area contributed by atoms with Gasteiger partial charge in [0.25, 0.3) is 0 Å². The predicted octanol–water partition coefficient (Wildman–Crippen LogP) is 3.77. The molecule has 2 aliphatic carbocycles. The van der Waals surface area contributed by atoms with Gasteiger partial charge in [0.2, 0.25) is 0 Å². The van der Waals surface area contributed by atoms with E-state index >= 15 is 0 Å². The highest BCUT2D eigenvalue weighted by Crippen LogP contribution is 2.60. The van der Waals surface area contributed by atoms with E-state index in [9.17, 15) is 14.3 Å². The minimum absolute atomic E-state index is 0.0275. The quantitative estimate of drug-likeness (QED) is 0.539. The van der Waals surface area contributed by atoms with Crippen LogP contribution in [0.15, 0.2) is 42.6 Å². The number of nitrogens with one attached hydrogen (secondary N) is 3. The number of H-pyrrole nitrogens is 1. The van der Waals surface area contributed by atoms with Crippen LogP contribution in [-0.4, -0.2) is 27.4 Å². The van der Waals surface area contributed by atoms with E-state index < -0.39 is 5.60 Å². The van der Waals surface area contributed by atoms with Crippen LogP contribution in [0.1, 0.15) is 18.4 Å². The van der Waals surface area contributed by atoms with Gasteiger partial charge in [-0.2, -0.15) is 5.10 Å². The third-order valence-corrected chi connectivity index (χ3v) is 6.12. The second kappa shape index (κ2) is 6.18. The van der Waals surface area contributed by atoms with Crippen LogP contribution in [-0.2, 0) is 5.60 Å². The highest BCUT2D eigenvalue weighted by Gasteiger charge is 2.62. The number of hydrogen-bond acceptors (Lipinski definition) is 3. The zero-order valence-electron chi connectivity index (χ0n) is 14.7. The van der Waals surface area contributed by atoms with Gasteiger partial charge in [-0.3, -0.25) is 5.10 Å². The number of aromatic nitrogens is 2. The Kier molecular flexibility index (Phi) is 3.86. The summed E-state index contributed by atoms with van der Waals surface area (Å²) >= 11 is 6.21. The first-order chi connectivity index (χ1) is 13.4. The summed E-state index contributed by atoms with van der Waals surface area (Å²) < 4.78 is 12.9. The van der Waals surface area contributed by atoms with Crippen molar-refractivity contribution in [2.75, 3.05) is 5.32 Å². The summed E-state index contributed by atoms with van der Waals surface area (Å²) in [6.45, 7) is 0. The molecule has 0 aliphatic heterocycles. The molecule has 4 atom stereocenters. The molecule has 28 heavy (non-hydrogen) atoms. The molecule has 2 amide bonds. The van der Waals surface area contributed by atoms with E-state index in [4.69, 9.17) is 11.6 Å². The van der Waals surface area contributed by atoms with Crippen LogP contribution in [0.2, 0.25) is 5.02 Å². The topological polar surface area (TPSA) is 90.0 Å². The second-order valence-electron chi connectivity index (χ2n) is 7.68. The molecule has 2 saturated carbocycles. The summed E-state index contributed by atoms with van der Waals surface area (Å²) in [4.78, 5) is 12.2. The number of rotatable bonds is 3. The Bertz CT molecular complexity index is 1060. The highest BCUT2D eigenvalue weighted by atomic mass is 35.5. The maximum absolute atomic E-state index is 12.9. The van der Waals surface area contributed by atoms with Gasteiger partial charge in [-0.15, -0.1) is 0 Å². The fourth-order valence-electron chi connectivity index (χ4n) is 4.55. The van der Waals surface area contributed by atoms with E-state index in [0.717, 1.165) is 16.5 Å². The van der Waals surface area contributed by atoms with Gasteiger partial charge in [-0.25, -0.2) is 9.18 Å². The van der Waals surface area contributed by atoms with Crippen molar-refractivity contribution < 1.29 is 14.3 Å². The number of amides is 2. The van der Waals surface area contributed by atoms with Crippen molar-refractivity contribution in [2.24, 2.45) is 11.8 Å². The average Bonchev–Trinajstić information content (AvgIpc) is 3.03. The molecule has 0 unspecified atom stereocenters. The monoisotopic (exact) mass is 400 g/mol. The van der Waals surface area contributed by atoms with Gasteiger partial charge in [0.1, 0.15) is 5.82 Å². The first kappa shape index (κ1) is 17.5. The third kappa shape index (κ3) is 2.91. The highest BCUT2D eigenvalue weighted by molar-refractivity contribution is 6.31. The minimum atomic E-state index is -0.978. The second-order valence-corrected chi connectivity index (χ2v) is 8.12. The molecule has 2 aliphatic rings. The van der Waals surface area contributed by atoms with E-state index in [1.807, 2.05) is 0 Å². The predicted molar refractivity (Wildman–Crippen MR) is 104 cm³/mol. The molecule has 4 N–H and O–H groups in total. The van der Waals surface area contributed by atoms with E-state index in [1.54, 1.807) is 18.3 Å². The maximum Gasteiger partial charge on any atom is 0.319 e. The Morgan fingerprint density at radius 1 is 1.25 bits per heavy atom. The number of hydrogen-bond donors (Lipinski definition) is 4. The molecule has 144 valence electrons. The number of nitrogens with zero attached hydrogens (tertiary/aromatic N) is 1. The lowest BCUT2D eigenvalue weighted by Crippen LogP contribution is -2.36. The van der Waals surface area contributed by atoms with Crippen molar-refractivity contribution in [2.45, 2.75) is 24.5 Å². The van der Waals surface area contributed by atoms with Gasteiger partial charge < -0.3 is 15.7 Å². The fraction of sp³-hybridized carbons (Fsp3) is 0.300. The van der Waals surface area contributed by atoms with Crippen LogP contribution in [0.4, 0.5) is 14.9 Å². The number of fused-ring (bicyclic) bond motifs is 2. The Hall–Kier alpha value is -2.64. The molecule has 1 heterocycles. The van der Waals surface area contributed by atoms with Gasteiger partial charge in [0, 0.05) is 22.1 Å². The van der Waals surface area contributed by atoms with Crippen LogP contribution in [0.25, 0.3) is 10.9 Å². The number of aromatic amines is 1. The summed E-state index contributed by atoms with van der Waals surface area (Å²) in [7, 11) is 0. The molecular weight excluding hydrogens is 383 g/mol. The van der Waals surface area contributed by atoms with Gasteiger partial charge in [0.05, 0.1) is 17.3 Å². The first-order valence-electron chi connectivity index (χ1n) is 9.11. The van der Waals surface area contributed by atoms with Crippen molar-refractivity contribution in [1.29, 1.82) is 0 Å². The molecule has 0 bridgehead atoms. The summed E-state index contributed by atoms with van der Waals surface area (Å²) in [5, 5.41) is 25.3. The lowest BCUT2D eigenvalue weighted by molar-refractivity contribution is 0.0300. The number of aliphatic hydroxyl groups is 1. The Balaban J connectivity index is 1.26. The molecule has 6 nitrogen and oxygen atoms in total. The van der Waals surface area contributed by atoms with Gasteiger partial charge in [-0.1, -0.05) is 11.6 Å². The van der Waals surface area contributed by atoms with E-state index in [-0.39, 0.29) is 29.7 Å². The number of urea groups is 1. The first-order valence-corrected chi connectivity index (χ1v) is 9.49. The van der Waals surface area contributed by atoms with Crippen LogP contribution in [0, 0.1) is 17.7 Å². The van der Waals surface area contributed by atoms with E-state index in [2.05, 4.69) is 20.8 Å². The molecule has 8 heteroatoms. The molecule has 0 saturated heterocycles. The zero-order chi connectivity index (χ0) is 19.5. The Morgan fingerprint density at radius 2 is 1.96 bits per heavy atom. The molecule has 5 rings (SSSR count). The number of carbonyl (C=O) groups is 1. The third-order valence-electron chi connectivity index (χ3n) is 5.90. The summed E-state index contributed by atoms with van der Waals surface area (Å²) in [5.74, 6) is 0.0736. The van der Waals surface area contributed by atoms with Crippen LogP contribution < -0.4 is 10.6 Å². The van der Waals surface area contributed by atoms with E-state index in [0.29, 0.717) is 23.6 Å². The molecule has 2 fully saturated rings. The molecule has 1 aromatic heterocycles. The fourth-order valence-corrected chi connectivity index (χ4v) is 4.77. The van der Waals surface area contributed by atoms with E-state index in [1.165, 1.54) is 24.3 Å². The van der Waals surface area contributed by atoms with Gasteiger partial charge in [-0.05, 0) is 66.6 Å².